The van der Waals surface area contributed by atoms with Gasteiger partial charge in [0.15, 0.2) is 0 Å². The van der Waals surface area contributed by atoms with Crippen LogP contribution in [-0.2, 0) is 19.1 Å². The third-order valence-electron chi connectivity index (χ3n) is 14.6. The Morgan fingerprint density at radius 1 is 0.727 bits per heavy atom. The number of hydrogen-bond donors (Lipinski definition) is 4. The molecule has 4 aliphatic rings. The predicted octanol–water partition coefficient (Wildman–Crippen LogP) is 9.66. The first-order valence-electron chi connectivity index (χ1n) is 23.7. The average molecular weight is 899 g/mol. The maximum atomic E-state index is 14.0. The Bertz CT molecular complexity index is 2540. The van der Waals surface area contributed by atoms with Crippen LogP contribution in [0.25, 0.3) is 33.4 Å². The van der Waals surface area contributed by atoms with Gasteiger partial charge < -0.3 is 39.9 Å². The lowest BCUT2D eigenvalue weighted by Gasteiger charge is -2.32. The number of H-pyrrole nitrogens is 2. The fraction of sp³-hybridized carbons (Fsp3) is 0.500. The van der Waals surface area contributed by atoms with E-state index < -0.39 is 24.3 Å². The fourth-order valence-electron chi connectivity index (χ4n) is 10.8. The summed E-state index contributed by atoms with van der Waals surface area (Å²) in [7, 11) is 2.61. The second-order valence-corrected chi connectivity index (χ2v) is 19.6. The minimum absolute atomic E-state index is 0.00104. The largest absolute Gasteiger partial charge is 0.453 e. The van der Waals surface area contributed by atoms with Gasteiger partial charge in [-0.1, -0.05) is 76.8 Å². The Kier molecular flexibility index (Phi) is 13.6. The van der Waals surface area contributed by atoms with Crippen LogP contribution in [0.3, 0.4) is 0 Å². The van der Waals surface area contributed by atoms with Crippen LogP contribution in [0.1, 0.15) is 128 Å². The summed E-state index contributed by atoms with van der Waals surface area (Å²) < 4.78 is 9.67. The molecule has 66 heavy (non-hydrogen) atoms. The number of imidazole rings is 2. The van der Waals surface area contributed by atoms with Crippen molar-refractivity contribution in [2.24, 2.45) is 23.7 Å². The number of carbonyl (C=O) groups excluding carboxylic acids is 4. The summed E-state index contributed by atoms with van der Waals surface area (Å²) in [5.74, 6) is 1.93. The third-order valence-corrected chi connectivity index (χ3v) is 14.6. The van der Waals surface area contributed by atoms with Gasteiger partial charge in [0.1, 0.15) is 23.7 Å². The standard InChI is InChI=1S/C52H66N8O6/c1-28(2)45(57-51(63)65-8)49(61)59-30(5)10-22-43(59)47-53-27-42(56-47)35-16-14-34(15-17-35)37-18-20-39(32(7)36-13-12-33(24-36)25-37)38-19-21-40-41(26-38)55-48(54-40)44-23-11-31(6)60(44)50(62)46(29(3)4)58-52(64)66-9/h14-21,26-31,33,36,43-46H,7,10-13,22-25H2,1-6,8-9H3,(H,53,56)(H,54,55)(H,57,63)(H,58,64)/b37-18+,39-20+/t30-,31-,33?,36?,43-,44-,45-,46-/m0/s1. The van der Waals surface area contributed by atoms with Crippen LogP contribution in [0.4, 0.5) is 9.59 Å². The van der Waals surface area contributed by atoms with E-state index in [1.165, 1.54) is 25.4 Å². The number of ether oxygens (including phenoxy) is 2. The van der Waals surface area contributed by atoms with Crippen molar-refractivity contribution in [3.63, 3.8) is 0 Å². The lowest BCUT2D eigenvalue weighted by molar-refractivity contribution is -0.138. The summed E-state index contributed by atoms with van der Waals surface area (Å²) in [6.07, 6.45) is 12.7. The quantitative estimate of drug-likeness (QED) is 0.115. The van der Waals surface area contributed by atoms with Crippen molar-refractivity contribution in [3.8, 4) is 11.3 Å². The summed E-state index contributed by atoms with van der Waals surface area (Å²) in [6, 6.07) is 13.1. The van der Waals surface area contributed by atoms with E-state index in [4.69, 9.17) is 26.0 Å². The zero-order chi connectivity index (χ0) is 47.0. The van der Waals surface area contributed by atoms with Gasteiger partial charge in [-0.25, -0.2) is 19.6 Å². The molecular weight excluding hydrogens is 833 g/mol. The van der Waals surface area contributed by atoms with E-state index >= 15 is 0 Å². The number of nitrogens with zero attached hydrogens (tertiary/aromatic N) is 4. The highest BCUT2D eigenvalue weighted by Crippen LogP contribution is 2.46. The maximum absolute atomic E-state index is 14.0. The number of fused-ring (bicyclic) bond motifs is 3. The van der Waals surface area contributed by atoms with Gasteiger partial charge in [0.2, 0.25) is 11.8 Å². The van der Waals surface area contributed by atoms with Crippen LogP contribution < -0.4 is 10.6 Å². The number of aromatic nitrogens is 4. The number of likely N-dealkylation sites (tertiary alicyclic amines) is 2. The molecule has 350 valence electrons. The Hall–Kier alpha value is -6.18. The minimum Gasteiger partial charge on any atom is -0.453 e. The number of rotatable bonds is 11. The van der Waals surface area contributed by atoms with E-state index in [-0.39, 0.29) is 47.8 Å². The van der Waals surface area contributed by atoms with Crippen LogP contribution in [0, 0.1) is 23.7 Å². The van der Waals surface area contributed by atoms with Gasteiger partial charge in [-0.15, -0.1) is 0 Å². The molecule has 4 heterocycles. The molecule has 2 aromatic carbocycles. The number of carbonyl (C=O) groups is 4. The topological polar surface area (TPSA) is 175 Å². The van der Waals surface area contributed by atoms with E-state index in [0.717, 1.165) is 102 Å². The average Bonchev–Trinajstić information content (AvgIpc) is 4.17. The van der Waals surface area contributed by atoms with Crippen molar-refractivity contribution in [3.05, 3.63) is 95.7 Å². The van der Waals surface area contributed by atoms with Gasteiger partial charge in [-0.2, -0.15) is 0 Å². The molecule has 1 saturated carbocycles. The number of nitrogens with one attached hydrogen (secondary N) is 4. The number of methoxy groups -OCH3 is 2. The molecule has 8 rings (SSSR count). The molecule has 0 spiro atoms. The first kappa shape index (κ1) is 46.4. The highest BCUT2D eigenvalue weighted by molar-refractivity contribution is 5.89. The zero-order valence-corrected chi connectivity index (χ0v) is 39.6. The van der Waals surface area contributed by atoms with E-state index in [9.17, 15) is 19.2 Å². The van der Waals surface area contributed by atoms with Crippen LogP contribution >= 0.6 is 0 Å². The SMILES string of the molecule is C=C1/C(c2ccc3nc([C@@H]4CC[C@H](C)N4C(=O)[C@@H](NC(=O)OC)C(C)C)[nH]c3c2)=C\C=C(\c2ccc(-c3cnc([C@@H]4CC[C@H](C)N4C(=O)[C@@H](NC(=O)OC)C(C)C)[nH]3)cc2)CC2CCC1C2. The van der Waals surface area contributed by atoms with Crippen molar-refractivity contribution < 1.29 is 28.7 Å². The molecule has 0 radical (unpaired) electrons. The molecule has 3 fully saturated rings. The highest BCUT2D eigenvalue weighted by Gasteiger charge is 2.43. The summed E-state index contributed by atoms with van der Waals surface area (Å²) in [5.41, 5.74) is 9.43. The molecule has 14 nitrogen and oxygen atoms in total. The molecule has 4 amide bonds. The van der Waals surface area contributed by atoms with Gasteiger partial charge in [-0.05, 0) is 134 Å². The van der Waals surface area contributed by atoms with E-state index in [1.807, 2.05) is 50.6 Å². The molecule has 4 aromatic rings. The van der Waals surface area contributed by atoms with Gasteiger partial charge in [0.05, 0.1) is 49.2 Å². The Morgan fingerprint density at radius 3 is 1.89 bits per heavy atom. The van der Waals surface area contributed by atoms with Crippen LogP contribution in [-0.4, -0.2) is 92.1 Å². The second-order valence-electron chi connectivity index (χ2n) is 19.6. The van der Waals surface area contributed by atoms with Crippen LogP contribution in [0.5, 0.6) is 0 Å². The Labute approximate surface area is 388 Å². The minimum atomic E-state index is -0.714. The number of alkyl carbamates (subject to hydrolysis) is 2. The van der Waals surface area contributed by atoms with Crippen molar-refractivity contribution in [2.75, 3.05) is 14.2 Å². The summed E-state index contributed by atoms with van der Waals surface area (Å²) in [5, 5.41) is 5.50. The van der Waals surface area contributed by atoms with Crippen molar-refractivity contribution in [2.45, 2.75) is 129 Å². The Balaban J connectivity index is 1.03. The highest BCUT2D eigenvalue weighted by atomic mass is 16.5. The molecule has 14 heteroatoms. The molecular formula is C52H66N8O6. The van der Waals surface area contributed by atoms with Gasteiger partial charge >= 0.3 is 12.2 Å². The molecule has 2 saturated heterocycles. The van der Waals surface area contributed by atoms with Gasteiger partial charge in [0, 0.05) is 12.1 Å². The molecule has 2 unspecified atom stereocenters. The molecule has 2 bridgehead atoms. The van der Waals surface area contributed by atoms with Gasteiger partial charge in [0.25, 0.3) is 0 Å². The van der Waals surface area contributed by atoms with Crippen molar-refractivity contribution >= 4 is 46.2 Å². The fourth-order valence-corrected chi connectivity index (χ4v) is 10.8. The summed E-state index contributed by atoms with van der Waals surface area (Å²) in [4.78, 5) is 72.9. The molecule has 2 aliphatic heterocycles. The number of hydrogen-bond acceptors (Lipinski definition) is 8. The van der Waals surface area contributed by atoms with Crippen LogP contribution in [0.2, 0.25) is 0 Å². The number of amides is 4. The van der Waals surface area contributed by atoms with Crippen molar-refractivity contribution in [1.29, 1.82) is 0 Å². The smallest absolute Gasteiger partial charge is 0.407 e. The third kappa shape index (κ3) is 9.28. The lowest BCUT2D eigenvalue weighted by Crippen LogP contribution is -2.52. The first-order valence-corrected chi connectivity index (χ1v) is 23.7. The molecule has 4 N–H and O–H groups in total. The summed E-state index contributed by atoms with van der Waals surface area (Å²) >= 11 is 0. The predicted molar refractivity (Wildman–Crippen MR) is 256 cm³/mol. The van der Waals surface area contributed by atoms with Gasteiger partial charge in [-0.3, -0.25) is 9.59 Å². The second kappa shape index (κ2) is 19.3. The van der Waals surface area contributed by atoms with E-state index in [2.05, 4.69) is 82.1 Å². The number of benzene rings is 2. The van der Waals surface area contributed by atoms with Crippen LogP contribution in [0.15, 0.2) is 73.0 Å². The van der Waals surface area contributed by atoms with E-state index in [1.54, 1.807) is 0 Å². The maximum Gasteiger partial charge on any atom is 0.407 e. The molecule has 2 aliphatic carbocycles. The summed E-state index contributed by atoms with van der Waals surface area (Å²) in [6.45, 7) is 16.5. The lowest BCUT2D eigenvalue weighted by atomic mass is 9.87. The first-order chi connectivity index (χ1) is 31.6. The van der Waals surface area contributed by atoms with E-state index in [0.29, 0.717) is 11.8 Å². The monoisotopic (exact) mass is 899 g/mol. The zero-order valence-electron chi connectivity index (χ0n) is 39.6. The normalized spacial score (nSPS) is 25.7. The Morgan fingerprint density at radius 2 is 1.30 bits per heavy atom. The number of aromatic amines is 2. The number of allylic oxidation sites excluding steroid dienone is 5. The molecule has 8 atom stereocenters. The molecule has 2 aromatic heterocycles. The van der Waals surface area contributed by atoms with Crippen molar-refractivity contribution in [1.82, 2.24) is 40.4 Å².